The molecular weight excluding hydrogens is 312 g/mol. The van der Waals surface area contributed by atoms with Crippen LogP contribution in [0.3, 0.4) is 0 Å². The summed E-state index contributed by atoms with van der Waals surface area (Å²) in [4.78, 5) is 17.5. The smallest absolute Gasteiger partial charge is 0.252 e. The Morgan fingerprint density at radius 2 is 2.17 bits per heavy atom. The number of nitrogens with zero attached hydrogens (tertiary/aromatic N) is 1. The maximum atomic E-state index is 12.1. The van der Waals surface area contributed by atoms with Crippen LogP contribution in [-0.4, -0.2) is 10.9 Å². The van der Waals surface area contributed by atoms with E-state index in [1.54, 1.807) is 17.4 Å². The van der Waals surface area contributed by atoms with Crippen molar-refractivity contribution in [2.75, 3.05) is 0 Å². The van der Waals surface area contributed by atoms with Crippen molar-refractivity contribution in [1.82, 2.24) is 10.3 Å². The molecule has 2 rings (SSSR count). The maximum Gasteiger partial charge on any atom is 0.252 e. The first-order valence-corrected chi connectivity index (χ1v) is 7.16. The van der Waals surface area contributed by atoms with Gasteiger partial charge in [0.15, 0.2) is 0 Å². The molecule has 1 aromatic carbocycles. The van der Waals surface area contributed by atoms with Gasteiger partial charge in [-0.1, -0.05) is 12.1 Å². The van der Waals surface area contributed by atoms with Gasteiger partial charge in [-0.25, -0.2) is 4.98 Å². The quantitative estimate of drug-likeness (QED) is 0.935. The molecule has 94 valence electrons. The summed E-state index contributed by atoms with van der Waals surface area (Å²) in [7, 11) is 0. The first-order valence-electron chi connectivity index (χ1n) is 5.55. The number of hydrogen-bond acceptors (Lipinski definition) is 3. The summed E-state index contributed by atoms with van der Waals surface area (Å²) in [6.45, 7) is 3.94. The first-order chi connectivity index (χ1) is 8.58. The fourth-order valence-corrected chi connectivity index (χ4v) is 2.80. The molecule has 0 fully saturated rings. The van der Waals surface area contributed by atoms with E-state index in [1.165, 1.54) is 0 Å². The summed E-state index contributed by atoms with van der Waals surface area (Å²) < 4.78 is 0.796. The van der Waals surface area contributed by atoms with E-state index in [0.717, 1.165) is 14.4 Å². The van der Waals surface area contributed by atoms with Crippen LogP contribution in [0.4, 0.5) is 0 Å². The van der Waals surface area contributed by atoms with Crippen LogP contribution in [0, 0.1) is 6.92 Å². The largest absolute Gasteiger partial charge is 0.343 e. The predicted molar refractivity (Wildman–Crippen MR) is 76.9 cm³/mol. The minimum Gasteiger partial charge on any atom is -0.343 e. The van der Waals surface area contributed by atoms with Gasteiger partial charge >= 0.3 is 0 Å². The van der Waals surface area contributed by atoms with Gasteiger partial charge in [-0.3, -0.25) is 4.79 Å². The fraction of sp³-hybridized carbons (Fsp3) is 0.231. The highest BCUT2D eigenvalue weighted by Crippen LogP contribution is 2.21. The molecule has 1 heterocycles. The topological polar surface area (TPSA) is 42.0 Å². The summed E-state index contributed by atoms with van der Waals surface area (Å²) in [5, 5.41) is 3.87. The fourth-order valence-electron chi connectivity index (χ4n) is 1.55. The standard InChI is InChI=1S/C13H13BrN2OS/c1-8-7-15-13(18-8)9(2)16-12(17)10-5-3-4-6-11(10)14/h3-7,9H,1-2H3,(H,16,17). The van der Waals surface area contributed by atoms with Crippen molar-refractivity contribution in [3.63, 3.8) is 0 Å². The average Bonchev–Trinajstić information content (AvgIpc) is 2.76. The lowest BCUT2D eigenvalue weighted by molar-refractivity contribution is 0.0939. The molecule has 0 aliphatic heterocycles. The molecule has 18 heavy (non-hydrogen) atoms. The van der Waals surface area contributed by atoms with Crippen molar-refractivity contribution >= 4 is 33.2 Å². The highest BCUT2D eigenvalue weighted by Gasteiger charge is 2.15. The number of aryl methyl sites for hydroxylation is 1. The number of aromatic nitrogens is 1. The Morgan fingerprint density at radius 1 is 1.44 bits per heavy atom. The van der Waals surface area contributed by atoms with Crippen LogP contribution in [0.5, 0.6) is 0 Å². The third-order valence-electron chi connectivity index (χ3n) is 2.48. The number of rotatable bonds is 3. The average molecular weight is 325 g/mol. The van der Waals surface area contributed by atoms with Crippen LogP contribution in [0.15, 0.2) is 34.9 Å². The van der Waals surface area contributed by atoms with Crippen LogP contribution < -0.4 is 5.32 Å². The van der Waals surface area contributed by atoms with Gasteiger partial charge in [0.2, 0.25) is 0 Å². The summed E-state index contributed by atoms with van der Waals surface area (Å²) in [6, 6.07) is 7.29. The van der Waals surface area contributed by atoms with Crippen molar-refractivity contribution in [3.05, 3.63) is 50.4 Å². The van der Waals surface area contributed by atoms with Gasteiger partial charge in [-0.15, -0.1) is 11.3 Å². The number of carbonyl (C=O) groups is 1. The Hall–Kier alpha value is -1.20. The molecule has 1 unspecified atom stereocenters. The Morgan fingerprint density at radius 3 is 2.78 bits per heavy atom. The molecule has 1 amide bonds. The van der Waals surface area contributed by atoms with Crippen molar-refractivity contribution in [2.24, 2.45) is 0 Å². The van der Waals surface area contributed by atoms with Gasteiger partial charge in [0.05, 0.1) is 11.6 Å². The zero-order valence-corrected chi connectivity index (χ0v) is 12.5. The van der Waals surface area contributed by atoms with E-state index in [2.05, 4.69) is 26.2 Å². The van der Waals surface area contributed by atoms with Gasteiger partial charge in [0, 0.05) is 15.5 Å². The zero-order valence-electron chi connectivity index (χ0n) is 10.1. The number of halogens is 1. The van der Waals surface area contributed by atoms with Gasteiger partial charge in [-0.2, -0.15) is 0 Å². The first kappa shape index (κ1) is 13.2. The summed E-state index contributed by atoms with van der Waals surface area (Å²) in [5.74, 6) is -0.0946. The van der Waals surface area contributed by atoms with E-state index >= 15 is 0 Å². The molecule has 0 aliphatic rings. The molecule has 1 aromatic heterocycles. The number of nitrogens with one attached hydrogen (secondary N) is 1. The lowest BCUT2D eigenvalue weighted by Crippen LogP contribution is -2.26. The van der Waals surface area contributed by atoms with Gasteiger partial charge < -0.3 is 5.32 Å². The predicted octanol–water partition coefficient (Wildman–Crippen LogP) is 3.71. The SMILES string of the molecule is Cc1cnc(C(C)NC(=O)c2ccccc2Br)s1. The number of carbonyl (C=O) groups excluding carboxylic acids is 1. The minimum absolute atomic E-state index is 0.0803. The zero-order chi connectivity index (χ0) is 13.1. The molecule has 0 radical (unpaired) electrons. The van der Waals surface area contributed by atoms with E-state index in [0.29, 0.717) is 5.56 Å². The summed E-state index contributed by atoms with van der Waals surface area (Å²) >= 11 is 4.97. The van der Waals surface area contributed by atoms with E-state index in [4.69, 9.17) is 0 Å². The van der Waals surface area contributed by atoms with E-state index < -0.39 is 0 Å². The second-order valence-corrected chi connectivity index (χ2v) is 6.10. The monoisotopic (exact) mass is 324 g/mol. The summed E-state index contributed by atoms with van der Waals surface area (Å²) in [5.41, 5.74) is 0.637. The second kappa shape index (κ2) is 5.63. The molecule has 5 heteroatoms. The number of thiazole rings is 1. The third kappa shape index (κ3) is 2.97. The molecule has 0 bridgehead atoms. The molecular formula is C13H13BrN2OS. The van der Waals surface area contributed by atoms with Crippen LogP contribution in [0.1, 0.15) is 33.2 Å². The van der Waals surface area contributed by atoms with Crippen molar-refractivity contribution in [2.45, 2.75) is 19.9 Å². The van der Waals surface area contributed by atoms with Crippen LogP contribution in [0.25, 0.3) is 0 Å². The highest BCUT2D eigenvalue weighted by molar-refractivity contribution is 9.10. The lowest BCUT2D eigenvalue weighted by atomic mass is 10.2. The van der Waals surface area contributed by atoms with E-state index in [1.807, 2.05) is 38.2 Å². The second-order valence-electron chi connectivity index (χ2n) is 3.98. The highest BCUT2D eigenvalue weighted by atomic mass is 79.9. The Balaban J connectivity index is 2.10. The van der Waals surface area contributed by atoms with Gasteiger partial charge in [0.25, 0.3) is 5.91 Å². The lowest BCUT2D eigenvalue weighted by Gasteiger charge is -2.12. The van der Waals surface area contributed by atoms with Crippen LogP contribution in [0.2, 0.25) is 0 Å². The Bertz CT molecular complexity index is 568. The molecule has 1 N–H and O–H groups in total. The van der Waals surface area contributed by atoms with Crippen LogP contribution in [-0.2, 0) is 0 Å². The van der Waals surface area contributed by atoms with Crippen molar-refractivity contribution < 1.29 is 4.79 Å². The molecule has 0 aliphatic carbocycles. The Labute approximate surface area is 118 Å². The normalized spacial score (nSPS) is 12.2. The van der Waals surface area contributed by atoms with Crippen molar-refractivity contribution in [1.29, 1.82) is 0 Å². The summed E-state index contributed by atoms with van der Waals surface area (Å²) in [6.07, 6.45) is 1.82. The molecule has 0 saturated carbocycles. The number of hydrogen-bond donors (Lipinski definition) is 1. The molecule has 0 spiro atoms. The van der Waals surface area contributed by atoms with Crippen LogP contribution >= 0.6 is 27.3 Å². The Kier molecular flexibility index (Phi) is 4.14. The van der Waals surface area contributed by atoms with E-state index in [9.17, 15) is 4.79 Å². The van der Waals surface area contributed by atoms with Gasteiger partial charge in [0.1, 0.15) is 5.01 Å². The molecule has 1 atom stereocenters. The third-order valence-corrected chi connectivity index (χ3v) is 4.26. The number of amides is 1. The maximum absolute atomic E-state index is 12.1. The molecule has 2 aromatic rings. The number of benzene rings is 1. The molecule has 0 saturated heterocycles. The minimum atomic E-state index is -0.0946. The molecule has 3 nitrogen and oxygen atoms in total. The van der Waals surface area contributed by atoms with Gasteiger partial charge in [-0.05, 0) is 41.9 Å². The van der Waals surface area contributed by atoms with E-state index in [-0.39, 0.29) is 11.9 Å². The van der Waals surface area contributed by atoms with Crippen molar-refractivity contribution in [3.8, 4) is 0 Å².